The molecule has 0 saturated carbocycles. The predicted molar refractivity (Wildman–Crippen MR) is 133 cm³/mol. The minimum atomic E-state index is -0.451. The maximum absolute atomic E-state index is 12.2. The number of amides is 2. The number of aliphatic hydroxyl groups excluding tert-OH is 1. The van der Waals surface area contributed by atoms with Crippen LogP contribution in [0.3, 0.4) is 0 Å². The Morgan fingerprint density at radius 1 is 1.14 bits per heavy atom. The lowest BCUT2D eigenvalue weighted by atomic mass is 10.1. The van der Waals surface area contributed by atoms with Crippen LogP contribution in [-0.4, -0.2) is 64.5 Å². The van der Waals surface area contributed by atoms with Crippen LogP contribution in [0.4, 0.5) is 22.1 Å². The number of anilines is 3. The molecule has 2 amide bonds. The number of nitrogens with one attached hydrogen (secondary N) is 2. The largest absolute Gasteiger partial charge is 0.489 e. The molecule has 0 spiro atoms. The summed E-state index contributed by atoms with van der Waals surface area (Å²) in [4.78, 5) is 22.7. The summed E-state index contributed by atoms with van der Waals surface area (Å²) in [6.07, 6.45) is 2.85. The molecule has 2 saturated heterocycles. The van der Waals surface area contributed by atoms with Crippen molar-refractivity contribution in [3.63, 3.8) is 0 Å². The van der Waals surface area contributed by atoms with Crippen molar-refractivity contribution in [2.45, 2.75) is 25.0 Å². The molecule has 0 atom stereocenters. The number of likely N-dealkylation sites (tertiary alicyclic amines) is 1. The summed E-state index contributed by atoms with van der Waals surface area (Å²) in [5, 5.41) is 25.0. The molecule has 3 N–H and O–H groups in total. The van der Waals surface area contributed by atoms with Gasteiger partial charge in [-0.05, 0) is 42.5 Å². The van der Waals surface area contributed by atoms with Gasteiger partial charge in [0.25, 0.3) is 0 Å². The summed E-state index contributed by atoms with van der Waals surface area (Å²) in [7, 11) is 0. The first-order valence-corrected chi connectivity index (χ1v) is 11.8. The normalized spacial score (nSPS) is 16.1. The molecule has 5 rings (SSSR count). The second-order valence-electron chi connectivity index (χ2n) is 8.71. The van der Waals surface area contributed by atoms with Gasteiger partial charge in [-0.2, -0.15) is 5.26 Å². The molecule has 0 bridgehead atoms. The Morgan fingerprint density at radius 2 is 1.94 bits per heavy atom. The van der Waals surface area contributed by atoms with Gasteiger partial charge in [-0.3, -0.25) is 0 Å². The standard InChI is InChI=1S/C26H26N6O4/c27-14-18-12-17(4-5-24(18)36-22-7-10-35-11-8-22)23-6-9-28-25(31-23)29-19-2-1-3-20(13-19)30-26(34)32-15-21(33)16-32/h1-6,9,12-13,21-22,33H,7-8,10-11,15-16H2,(H,30,34)(H,28,29,31). The van der Waals surface area contributed by atoms with Crippen LogP contribution in [-0.2, 0) is 4.74 Å². The minimum Gasteiger partial charge on any atom is -0.489 e. The van der Waals surface area contributed by atoms with E-state index in [0.717, 1.165) is 18.4 Å². The molecule has 0 aliphatic carbocycles. The summed E-state index contributed by atoms with van der Waals surface area (Å²) in [6.45, 7) is 2.00. The molecule has 2 aliphatic heterocycles. The van der Waals surface area contributed by atoms with Crippen molar-refractivity contribution in [2.24, 2.45) is 0 Å². The van der Waals surface area contributed by atoms with E-state index in [9.17, 15) is 15.2 Å². The first-order chi connectivity index (χ1) is 17.6. The molecular weight excluding hydrogens is 460 g/mol. The van der Waals surface area contributed by atoms with Gasteiger partial charge in [0.15, 0.2) is 0 Å². The molecule has 0 radical (unpaired) electrons. The van der Waals surface area contributed by atoms with Gasteiger partial charge in [0.1, 0.15) is 17.9 Å². The van der Waals surface area contributed by atoms with Crippen molar-refractivity contribution in [1.82, 2.24) is 14.9 Å². The lowest BCUT2D eigenvalue weighted by Gasteiger charge is -2.35. The molecule has 2 aromatic carbocycles. The van der Waals surface area contributed by atoms with Crippen LogP contribution in [0.5, 0.6) is 5.75 Å². The van der Waals surface area contributed by atoms with Gasteiger partial charge in [-0.25, -0.2) is 14.8 Å². The zero-order valence-corrected chi connectivity index (χ0v) is 19.6. The summed E-state index contributed by atoms with van der Waals surface area (Å²) in [5.74, 6) is 0.940. The van der Waals surface area contributed by atoms with E-state index < -0.39 is 6.10 Å². The number of hydrogen-bond donors (Lipinski definition) is 3. The highest BCUT2D eigenvalue weighted by molar-refractivity contribution is 5.90. The monoisotopic (exact) mass is 486 g/mol. The van der Waals surface area contributed by atoms with E-state index in [2.05, 4.69) is 26.7 Å². The van der Waals surface area contributed by atoms with Crippen LogP contribution in [0.15, 0.2) is 54.7 Å². The van der Waals surface area contributed by atoms with E-state index in [4.69, 9.17) is 9.47 Å². The smallest absolute Gasteiger partial charge is 0.322 e. The van der Waals surface area contributed by atoms with Crippen LogP contribution in [0.25, 0.3) is 11.3 Å². The highest BCUT2D eigenvalue weighted by atomic mass is 16.5. The zero-order valence-electron chi connectivity index (χ0n) is 19.6. The quantitative estimate of drug-likeness (QED) is 0.482. The Hall–Kier alpha value is -4.20. The SMILES string of the molecule is N#Cc1cc(-c2ccnc(Nc3cccc(NC(=O)N4CC(O)C4)c3)n2)ccc1OC1CCOCC1. The number of hydrogen-bond acceptors (Lipinski definition) is 8. The van der Waals surface area contributed by atoms with E-state index in [-0.39, 0.29) is 12.1 Å². The molecular formula is C26H26N6O4. The highest BCUT2D eigenvalue weighted by Crippen LogP contribution is 2.28. The lowest BCUT2D eigenvalue weighted by Crippen LogP contribution is -2.54. The van der Waals surface area contributed by atoms with E-state index in [1.807, 2.05) is 24.3 Å². The maximum atomic E-state index is 12.2. The van der Waals surface area contributed by atoms with Gasteiger partial charge < -0.3 is 30.1 Å². The molecule has 10 heteroatoms. The van der Waals surface area contributed by atoms with Crippen LogP contribution in [0.2, 0.25) is 0 Å². The number of rotatable bonds is 6. The van der Waals surface area contributed by atoms with E-state index in [0.29, 0.717) is 60.6 Å². The summed E-state index contributed by atoms with van der Waals surface area (Å²) < 4.78 is 11.4. The van der Waals surface area contributed by atoms with E-state index >= 15 is 0 Å². The van der Waals surface area contributed by atoms with Crippen LogP contribution < -0.4 is 15.4 Å². The van der Waals surface area contributed by atoms with Gasteiger partial charge in [0, 0.05) is 36.0 Å². The van der Waals surface area contributed by atoms with Gasteiger partial charge in [0.05, 0.1) is 43.7 Å². The van der Waals surface area contributed by atoms with Gasteiger partial charge in [-0.1, -0.05) is 6.07 Å². The second-order valence-corrected chi connectivity index (χ2v) is 8.71. The maximum Gasteiger partial charge on any atom is 0.322 e. The Bertz CT molecular complexity index is 1280. The molecule has 184 valence electrons. The number of aliphatic hydroxyl groups is 1. The number of ether oxygens (including phenoxy) is 2. The van der Waals surface area contributed by atoms with Crippen LogP contribution in [0, 0.1) is 11.3 Å². The number of nitrogens with zero attached hydrogens (tertiary/aromatic N) is 4. The Balaban J connectivity index is 1.28. The summed E-state index contributed by atoms with van der Waals surface area (Å²) in [6, 6.07) is 16.4. The number of nitriles is 1. The molecule has 36 heavy (non-hydrogen) atoms. The number of carbonyl (C=O) groups excluding carboxylic acids is 1. The molecule has 3 aromatic rings. The average Bonchev–Trinajstić information content (AvgIpc) is 2.88. The predicted octanol–water partition coefficient (Wildman–Crippen LogP) is 3.53. The van der Waals surface area contributed by atoms with Crippen molar-refractivity contribution in [1.29, 1.82) is 5.26 Å². The molecule has 2 fully saturated rings. The summed E-state index contributed by atoms with van der Waals surface area (Å²) >= 11 is 0. The number of aromatic nitrogens is 2. The first kappa shape index (κ1) is 23.5. The van der Waals surface area contributed by atoms with Crippen molar-refractivity contribution >= 4 is 23.4 Å². The zero-order chi connectivity index (χ0) is 24.9. The number of β-amino-alcohol motifs (C(OH)–C–C–N with tert-alkyl or cyclic N) is 1. The Labute approximate surface area is 208 Å². The van der Waals surface area contributed by atoms with Crippen molar-refractivity contribution in [3.05, 3.63) is 60.3 Å². The first-order valence-electron chi connectivity index (χ1n) is 11.8. The van der Waals surface area contributed by atoms with Gasteiger partial charge in [-0.15, -0.1) is 0 Å². The third-order valence-corrected chi connectivity index (χ3v) is 6.03. The van der Waals surface area contributed by atoms with Crippen LogP contribution in [0.1, 0.15) is 18.4 Å². The lowest BCUT2D eigenvalue weighted by molar-refractivity contribution is 0.0254. The Morgan fingerprint density at radius 3 is 2.72 bits per heavy atom. The minimum absolute atomic E-state index is 0.0459. The van der Waals surface area contributed by atoms with Crippen molar-refractivity contribution in [2.75, 3.05) is 36.9 Å². The van der Waals surface area contributed by atoms with Gasteiger partial charge in [0.2, 0.25) is 5.95 Å². The van der Waals surface area contributed by atoms with Crippen molar-refractivity contribution in [3.8, 4) is 23.1 Å². The fourth-order valence-corrected chi connectivity index (χ4v) is 4.06. The third-order valence-electron chi connectivity index (χ3n) is 6.03. The molecule has 1 aromatic heterocycles. The van der Waals surface area contributed by atoms with E-state index in [1.54, 1.807) is 30.5 Å². The Kier molecular flexibility index (Phi) is 6.93. The second kappa shape index (κ2) is 10.6. The van der Waals surface area contributed by atoms with Crippen LogP contribution >= 0.6 is 0 Å². The molecule has 2 aliphatic rings. The number of benzene rings is 2. The highest BCUT2D eigenvalue weighted by Gasteiger charge is 2.28. The van der Waals surface area contributed by atoms with E-state index in [1.165, 1.54) is 4.90 Å². The molecule has 10 nitrogen and oxygen atoms in total. The fourth-order valence-electron chi connectivity index (χ4n) is 4.06. The molecule has 3 heterocycles. The van der Waals surface area contributed by atoms with Crippen molar-refractivity contribution < 1.29 is 19.4 Å². The topological polar surface area (TPSA) is 133 Å². The third kappa shape index (κ3) is 5.54. The fraction of sp³-hybridized carbons (Fsp3) is 0.308. The molecule has 0 unspecified atom stereocenters. The number of urea groups is 1. The number of carbonyl (C=O) groups is 1. The van der Waals surface area contributed by atoms with Gasteiger partial charge >= 0.3 is 6.03 Å². The average molecular weight is 487 g/mol. The summed E-state index contributed by atoms with van der Waals surface area (Å²) in [5.41, 5.74) is 3.19.